The molecular weight excluding hydrogens is 336 g/mol. The second kappa shape index (κ2) is 7.66. The van der Waals surface area contributed by atoms with Crippen LogP contribution in [0.3, 0.4) is 0 Å². The molecule has 136 valence electrons. The van der Waals surface area contributed by atoms with Crippen LogP contribution in [0.2, 0.25) is 0 Å². The third-order valence-electron chi connectivity index (χ3n) is 5.02. The van der Waals surface area contributed by atoms with Crippen molar-refractivity contribution in [2.75, 3.05) is 13.1 Å². The number of aromatic nitrogens is 3. The Morgan fingerprint density at radius 1 is 1.11 bits per heavy atom. The summed E-state index contributed by atoms with van der Waals surface area (Å²) in [5.41, 5.74) is 4.80. The Kier molecular flexibility index (Phi) is 4.92. The first-order valence-electron chi connectivity index (χ1n) is 9.29. The Hall–Kier alpha value is -3.08. The van der Waals surface area contributed by atoms with Crippen molar-refractivity contribution < 1.29 is 4.79 Å². The number of aryl methyl sites for hydroxylation is 1. The summed E-state index contributed by atoms with van der Waals surface area (Å²) in [5, 5.41) is 0. The van der Waals surface area contributed by atoms with E-state index in [9.17, 15) is 4.79 Å². The summed E-state index contributed by atoms with van der Waals surface area (Å²) in [6.45, 7) is 3.53. The van der Waals surface area contributed by atoms with E-state index in [0.29, 0.717) is 12.1 Å². The number of carbonyl (C=O) groups excluding carboxylic acids is 1. The maximum atomic E-state index is 12.8. The zero-order valence-electron chi connectivity index (χ0n) is 15.4. The molecule has 4 rings (SSSR count). The van der Waals surface area contributed by atoms with Gasteiger partial charge in [-0.15, -0.1) is 0 Å². The molecule has 1 aromatic carbocycles. The first kappa shape index (κ1) is 17.3. The Balaban J connectivity index is 1.55. The van der Waals surface area contributed by atoms with Gasteiger partial charge in [0.15, 0.2) is 0 Å². The molecule has 5 heteroatoms. The van der Waals surface area contributed by atoms with Gasteiger partial charge in [0.05, 0.1) is 17.6 Å². The van der Waals surface area contributed by atoms with Crippen molar-refractivity contribution >= 4 is 5.91 Å². The van der Waals surface area contributed by atoms with Gasteiger partial charge in [0.2, 0.25) is 0 Å². The monoisotopic (exact) mass is 358 g/mol. The van der Waals surface area contributed by atoms with Crippen LogP contribution in [0.5, 0.6) is 0 Å². The van der Waals surface area contributed by atoms with Crippen molar-refractivity contribution in [2.45, 2.75) is 25.7 Å². The Bertz CT molecular complexity index is 942. The molecule has 1 atom stereocenters. The number of piperidine rings is 1. The summed E-state index contributed by atoms with van der Waals surface area (Å²) >= 11 is 0. The van der Waals surface area contributed by atoms with Crippen LogP contribution in [0.15, 0.2) is 61.2 Å². The molecule has 0 spiro atoms. The first-order chi connectivity index (χ1) is 13.2. The second-order valence-corrected chi connectivity index (χ2v) is 7.02. The quantitative estimate of drug-likeness (QED) is 0.713. The number of hydrogen-bond acceptors (Lipinski definition) is 4. The highest BCUT2D eigenvalue weighted by Gasteiger charge is 2.26. The van der Waals surface area contributed by atoms with Crippen molar-refractivity contribution in [3.63, 3.8) is 0 Å². The fourth-order valence-corrected chi connectivity index (χ4v) is 3.60. The molecule has 3 heterocycles. The van der Waals surface area contributed by atoms with E-state index in [-0.39, 0.29) is 11.8 Å². The van der Waals surface area contributed by atoms with Crippen LogP contribution in [0.25, 0.3) is 11.3 Å². The lowest BCUT2D eigenvalue weighted by Crippen LogP contribution is -2.39. The predicted molar refractivity (Wildman–Crippen MR) is 104 cm³/mol. The van der Waals surface area contributed by atoms with Gasteiger partial charge in [-0.1, -0.05) is 23.8 Å². The predicted octanol–water partition coefficient (Wildman–Crippen LogP) is 3.87. The number of pyridine rings is 1. The molecule has 1 amide bonds. The smallest absolute Gasteiger partial charge is 0.253 e. The highest BCUT2D eigenvalue weighted by atomic mass is 16.2. The van der Waals surface area contributed by atoms with Gasteiger partial charge in [-0.2, -0.15) is 0 Å². The molecular formula is C22H22N4O. The molecule has 27 heavy (non-hydrogen) atoms. The minimum atomic E-state index is 0.0601. The first-order valence-corrected chi connectivity index (χ1v) is 9.29. The van der Waals surface area contributed by atoms with Gasteiger partial charge < -0.3 is 4.90 Å². The van der Waals surface area contributed by atoms with Crippen LogP contribution in [0.1, 0.15) is 40.4 Å². The van der Waals surface area contributed by atoms with Gasteiger partial charge in [0.25, 0.3) is 5.91 Å². The SMILES string of the molecule is Cc1cccc(-c2cncc(C3CCCN(C(=O)c4ccncc4)C3)n2)c1. The van der Waals surface area contributed by atoms with Crippen molar-refractivity contribution in [2.24, 2.45) is 0 Å². The van der Waals surface area contributed by atoms with E-state index in [2.05, 4.69) is 35.1 Å². The van der Waals surface area contributed by atoms with Crippen LogP contribution >= 0.6 is 0 Å². The van der Waals surface area contributed by atoms with Crippen LogP contribution < -0.4 is 0 Å². The molecule has 5 nitrogen and oxygen atoms in total. The van der Waals surface area contributed by atoms with E-state index in [0.717, 1.165) is 36.3 Å². The van der Waals surface area contributed by atoms with Gasteiger partial charge in [0.1, 0.15) is 0 Å². The number of rotatable bonds is 3. The molecule has 0 aliphatic carbocycles. The minimum Gasteiger partial charge on any atom is -0.338 e. The lowest BCUT2D eigenvalue weighted by atomic mass is 9.94. The summed E-state index contributed by atoms with van der Waals surface area (Å²) in [6, 6.07) is 11.8. The van der Waals surface area contributed by atoms with E-state index in [4.69, 9.17) is 4.98 Å². The van der Waals surface area contributed by atoms with E-state index in [1.807, 2.05) is 17.2 Å². The van der Waals surface area contributed by atoms with E-state index < -0.39 is 0 Å². The summed E-state index contributed by atoms with van der Waals surface area (Å²) in [6.07, 6.45) is 8.95. The molecule has 1 saturated heterocycles. The Morgan fingerprint density at radius 2 is 1.96 bits per heavy atom. The highest BCUT2D eigenvalue weighted by Crippen LogP contribution is 2.28. The van der Waals surface area contributed by atoms with Crippen LogP contribution in [-0.4, -0.2) is 38.8 Å². The van der Waals surface area contributed by atoms with Crippen LogP contribution in [0, 0.1) is 6.92 Å². The largest absolute Gasteiger partial charge is 0.338 e. The fraction of sp³-hybridized carbons (Fsp3) is 0.273. The fourth-order valence-electron chi connectivity index (χ4n) is 3.60. The Labute approximate surface area is 159 Å². The van der Waals surface area contributed by atoms with Crippen molar-refractivity contribution in [3.8, 4) is 11.3 Å². The van der Waals surface area contributed by atoms with E-state index in [1.54, 1.807) is 30.7 Å². The lowest BCUT2D eigenvalue weighted by Gasteiger charge is -2.32. The molecule has 0 saturated carbocycles. The average molecular weight is 358 g/mol. The molecule has 1 aliphatic rings. The van der Waals surface area contributed by atoms with Gasteiger partial charge in [-0.3, -0.25) is 14.8 Å². The van der Waals surface area contributed by atoms with Crippen molar-refractivity contribution in [1.82, 2.24) is 19.9 Å². The number of benzene rings is 1. The molecule has 0 N–H and O–H groups in total. The number of carbonyl (C=O) groups is 1. The molecule has 0 bridgehead atoms. The number of amides is 1. The van der Waals surface area contributed by atoms with Gasteiger partial charge in [0, 0.05) is 48.7 Å². The third kappa shape index (κ3) is 3.87. The van der Waals surface area contributed by atoms with E-state index >= 15 is 0 Å². The summed E-state index contributed by atoms with van der Waals surface area (Å²) in [5.74, 6) is 0.270. The van der Waals surface area contributed by atoms with Gasteiger partial charge >= 0.3 is 0 Å². The van der Waals surface area contributed by atoms with Crippen LogP contribution in [-0.2, 0) is 0 Å². The maximum Gasteiger partial charge on any atom is 0.253 e. The second-order valence-electron chi connectivity index (χ2n) is 7.02. The normalized spacial score (nSPS) is 16.9. The molecule has 1 fully saturated rings. The number of nitrogens with zero attached hydrogens (tertiary/aromatic N) is 4. The molecule has 0 radical (unpaired) electrons. The maximum absolute atomic E-state index is 12.8. The number of likely N-dealkylation sites (tertiary alicyclic amines) is 1. The van der Waals surface area contributed by atoms with Crippen molar-refractivity contribution in [3.05, 3.63) is 78.0 Å². The molecule has 1 aliphatic heterocycles. The van der Waals surface area contributed by atoms with Gasteiger partial charge in [-0.05, 0) is 38.0 Å². The summed E-state index contributed by atoms with van der Waals surface area (Å²) in [7, 11) is 0. The minimum absolute atomic E-state index is 0.0601. The third-order valence-corrected chi connectivity index (χ3v) is 5.02. The molecule has 1 unspecified atom stereocenters. The summed E-state index contributed by atoms with van der Waals surface area (Å²) < 4.78 is 0. The lowest BCUT2D eigenvalue weighted by molar-refractivity contribution is 0.0705. The number of hydrogen-bond donors (Lipinski definition) is 0. The Morgan fingerprint density at radius 3 is 2.78 bits per heavy atom. The zero-order valence-corrected chi connectivity index (χ0v) is 15.4. The van der Waals surface area contributed by atoms with E-state index in [1.165, 1.54) is 5.56 Å². The molecule has 3 aromatic rings. The average Bonchev–Trinajstić information content (AvgIpc) is 2.74. The molecule has 2 aromatic heterocycles. The highest BCUT2D eigenvalue weighted by molar-refractivity contribution is 5.94. The van der Waals surface area contributed by atoms with Crippen LogP contribution in [0.4, 0.5) is 0 Å². The topological polar surface area (TPSA) is 59.0 Å². The standard InChI is InChI=1S/C22H22N4O/c1-16-4-2-5-18(12-16)20-13-24-14-21(25-20)19-6-3-11-26(15-19)22(27)17-7-9-23-10-8-17/h2,4-5,7-10,12-14,19H,3,6,11,15H2,1H3. The van der Waals surface area contributed by atoms with Crippen molar-refractivity contribution in [1.29, 1.82) is 0 Å². The van der Waals surface area contributed by atoms with Gasteiger partial charge in [-0.25, -0.2) is 4.98 Å². The zero-order chi connectivity index (χ0) is 18.6. The summed E-state index contributed by atoms with van der Waals surface area (Å²) in [4.78, 5) is 28.0.